The van der Waals surface area contributed by atoms with Crippen LogP contribution in [0.5, 0.6) is 23.0 Å². The number of aromatic hydroxyl groups is 1. The first-order chi connectivity index (χ1) is 25.0. The number of aliphatic hydroxyl groups excluding tert-OH is 9. The van der Waals surface area contributed by atoms with Crippen molar-refractivity contribution in [3.05, 3.63) is 46.6 Å². The monoisotopic (exact) mass is 754 g/mol. The Morgan fingerprint density at radius 2 is 1.15 bits per heavy atom. The minimum Gasteiger partial charge on any atom is -0.507 e. The van der Waals surface area contributed by atoms with Gasteiger partial charge in [0.25, 0.3) is 0 Å². The van der Waals surface area contributed by atoms with Gasteiger partial charge in [-0.3, -0.25) is 4.79 Å². The summed E-state index contributed by atoms with van der Waals surface area (Å²) in [7, 11) is 0. The number of fused-ring (bicyclic) bond motifs is 1. The normalized spacial score (nSPS) is 37.6. The Kier molecular flexibility index (Phi) is 10.9. The van der Waals surface area contributed by atoms with E-state index in [1.807, 2.05) is 0 Å². The van der Waals surface area contributed by atoms with E-state index in [9.17, 15) is 65.8 Å². The molecule has 0 spiro atoms. The first-order valence-corrected chi connectivity index (χ1v) is 16.2. The smallest absolute Gasteiger partial charge is 0.335 e. The van der Waals surface area contributed by atoms with Crippen molar-refractivity contribution in [2.45, 2.75) is 106 Å². The molecule has 290 valence electrons. The predicted octanol–water partition coefficient (Wildman–Crippen LogP) is -3.15. The van der Waals surface area contributed by atoms with Crippen LogP contribution in [0, 0.1) is 0 Å². The van der Waals surface area contributed by atoms with Gasteiger partial charge >= 0.3 is 5.97 Å². The van der Waals surface area contributed by atoms with Crippen molar-refractivity contribution in [1.29, 1.82) is 0 Å². The van der Waals surface area contributed by atoms with Crippen molar-refractivity contribution >= 4 is 16.9 Å². The molecule has 0 saturated carbocycles. The average molecular weight is 755 g/mol. The highest BCUT2D eigenvalue weighted by Gasteiger charge is 2.49. The SMILES string of the molecule is C[C@@H]1O[C@@H](Oc2ccc(-c3cc(=O)c4c(O)cc(O[C@H]5O[C@@H](C(=O)O)[C@@H](O)[C@H](O)[C@H]5O)cc4o3)cc2O[C@@H]2O[C@H](C)[C@H](O)[C@@H](O)[C@H]2O)[C@@H](O)[C@H](O)[C@H]1O. The third-order valence-electron chi connectivity index (χ3n) is 9.18. The molecule has 6 rings (SSSR count). The number of phenolic OH excluding ortho intramolecular Hbond substituents is 1. The Labute approximate surface area is 297 Å². The maximum Gasteiger partial charge on any atom is 0.335 e. The van der Waals surface area contributed by atoms with E-state index in [0.717, 1.165) is 18.2 Å². The number of carboxylic acid groups (broad SMARTS) is 1. The van der Waals surface area contributed by atoms with E-state index in [1.165, 1.54) is 32.0 Å². The Bertz CT molecular complexity index is 1870. The van der Waals surface area contributed by atoms with E-state index in [-0.39, 0.29) is 39.5 Å². The van der Waals surface area contributed by atoms with Gasteiger partial charge in [-0.1, -0.05) is 0 Å². The molecule has 0 aliphatic carbocycles. The summed E-state index contributed by atoms with van der Waals surface area (Å²) in [5.41, 5.74) is -0.954. The van der Waals surface area contributed by atoms with E-state index in [4.69, 9.17) is 32.8 Å². The summed E-state index contributed by atoms with van der Waals surface area (Å²) in [5.74, 6) is -3.24. The molecule has 2 aromatic carbocycles. The summed E-state index contributed by atoms with van der Waals surface area (Å²) in [4.78, 5) is 24.7. The van der Waals surface area contributed by atoms with Crippen LogP contribution in [-0.2, 0) is 19.0 Å². The van der Waals surface area contributed by atoms with Crippen LogP contribution in [0.15, 0.2) is 45.6 Å². The zero-order valence-electron chi connectivity index (χ0n) is 27.7. The van der Waals surface area contributed by atoms with Crippen LogP contribution < -0.4 is 19.6 Å². The molecule has 3 aliphatic rings. The number of hydrogen-bond acceptors (Lipinski definition) is 19. The second-order valence-corrected chi connectivity index (χ2v) is 12.9. The number of benzene rings is 2. The zero-order valence-corrected chi connectivity index (χ0v) is 27.7. The van der Waals surface area contributed by atoms with Crippen LogP contribution in [0.3, 0.4) is 0 Å². The van der Waals surface area contributed by atoms with E-state index < -0.39 is 109 Å². The third-order valence-corrected chi connectivity index (χ3v) is 9.18. The standard InChI is InChI=1S/C33H38O20/c1-9-20(36)22(38)26(42)31(47-9)51-15-4-3-11(5-17(15)52-32-27(43)23(39)21(37)10(2)48-32)16-8-14(35)19-13(34)6-12(7-18(19)50-16)49-33-28(44)24(40)25(41)29(53-33)30(45)46/h3-10,20-29,31-34,36-44H,1-2H3,(H,45,46)/t9-,10+,20-,21-,22+,23+,24-,25-,26-,27+,28+,29+,31-,32-,33-/m0/s1. The molecular weight excluding hydrogens is 716 g/mol. The molecular formula is C33H38O20. The highest BCUT2D eigenvalue weighted by molar-refractivity contribution is 5.86. The van der Waals surface area contributed by atoms with Crippen molar-refractivity contribution in [3.8, 4) is 34.3 Å². The summed E-state index contributed by atoms with van der Waals surface area (Å²) in [6, 6.07) is 6.93. The van der Waals surface area contributed by atoms with E-state index >= 15 is 0 Å². The fraction of sp³-hybridized carbons (Fsp3) is 0.515. The number of rotatable bonds is 8. The van der Waals surface area contributed by atoms with Gasteiger partial charge in [-0.15, -0.1) is 0 Å². The van der Waals surface area contributed by atoms with Crippen molar-refractivity contribution in [1.82, 2.24) is 0 Å². The Balaban J connectivity index is 1.36. The lowest BCUT2D eigenvalue weighted by Crippen LogP contribution is -2.61. The lowest BCUT2D eigenvalue weighted by molar-refractivity contribution is -0.273. The van der Waals surface area contributed by atoms with Crippen LogP contribution in [0.25, 0.3) is 22.3 Å². The second kappa shape index (κ2) is 14.9. The summed E-state index contributed by atoms with van der Waals surface area (Å²) < 4.78 is 39.3. The molecule has 4 heterocycles. The number of ether oxygens (including phenoxy) is 6. The summed E-state index contributed by atoms with van der Waals surface area (Å²) >= 11 is 0. The summed E-state index contributed by atoms with van der Waals surface area (Å²) in [6.45, 7) is 2.84. The average Bonchev–Trinajstić information content (AvgIpc) is 3.11. The van der Waals surface area contributed by atoms with Gasteiger partial charge < -0.3 is 89.0 Å². The van der Waals surface area contributed by atoms with Crippen molar-refractivity contribution in [3.63, 3.8) is 0 Å². The molecule has 0 unspecified atom stereocenters. The largest absolute Gasteiger partial charge is 0.507 e. The summed E-state index contributed by atoms with van der Waals surface area (Å²) in [5, 5.41) is 112. The molecule has 0 amide bonds. The quantitative estimate of drug-likeness (QED) is 0.108. The fourth-order valence-electron chi connectivity index (χ4n) is 6.06. The molecule has 3 aromatic rings. The minimum atomic E-state index is -1.99. The van der Waals surface area contributed by atoms with Gasteiger partial charge in [0.15, 0.2) is 23.0 Å². The molecule has 0 bridgehead atoms. The number of aliphatic hydroxyl groups is 9. The van der Waals surface area contributed by atoms with Crippen molar-refractivity contribution < 1.29 is 93.8 Å². The number of hydrogen-bond donors (Lipinski definition) is 11. The number of phenols is 1. The van der Waals surface area contributed by atoms with Gasteiger partial charge in [0.05, 0.1) is 12.2 Å². The first-order valence-electron chi connectivity index (χ1n) is 16.2. The van der Waals surface area contributed by atoms with Gasteiger partial charge in [0.2, 0.25) is 18.9 Å². The second-order valence-electron chi connectivity index (χ2n) is 12.9. The minimum absolute atomic E-state index is 0.0949. The zero-order chi connectivity index (χ0) is 38.6. The number of carbonyl (C=O) groups is 1. The van der Waals surface area contributed by atoms with E-state index in [2.05, 4.69) is 0 Å². The maximum absolute atomic E-state index is 13.2. The van der Waals surface area contributed by atoms with Crippen LogP contribution in [0.4, 0.5) is 0 Å². The van der Waals surface area contributed by atoms with Gasteiger partial charge in [0, 0.05) is 23.8 Å². The molecule has 53 heavy (non-hydrogen) atoms. The van der Waals surface area contributed by atoms with Crippen LogP contribution in [0.1, 0.15) is 13.8 Å². The molecule has 20 heteroatoms. The Hall–Kier alpha value is -4.16. The molecule has 11 N–H and O–H groups in total. The highest BCUT2D eigenvalue weighted by atomic mass is 16.7. The topological polar surface area (TPSA) is 325 Å². The lowest BCUT2D eigenvalue weighted by atomic mass is 9.99. The van der Waals surface area contributed by atoms with Crippen LogP contribution >= 0.6 is 0 Å². The van der Waals surface area contributed by atoms with Crippen LogP contribution in [0.2, 0.25) is 0 Å². The number of carboxylic acids is 1. The molecule has 20 nitrogen and oxygen atoms in total. The molecule has 1 aromatic heterocycles. The molecule has 3 aliphatic heterocycles. The fourth-order valence-corrected chi connectivity index (χ4v) is 6.06. The summed E-state index contributed by atoms with van der Waals surface area (Å²) in [6.07, 6.45) is -24.7. The molecule has 15 atom stereocenters. The van der Waals surface area contributed by atoms with Gasteiger partial charge in [-0.2, -0.15) is 0 Å². The Morgan fingerprint density at radius 3 is 1.72 bits per heavy atom. The maximum atomic E-state index is 13.2. The molecule has 3 fully saturated rings. The van der Waals surface area contributed by atoms with E-state index in [0.29, 0.717) is 0 Å². The molecule has 3 saturated heterocycles. The lowest BCUT2D eigenvalue weighted by Gasteiger charge is -2.40. The van der Waals surface area contributed by atoms with Gasteiger partial charge in [-0.05, 0) is 32.0 Å². The third kappa shape index (κ3) is 7.36. The van der Waals surface area contributed by atoms with Gasteiger partial charge in [-0.25, -0.2) is 4.79 Å². The Morgan fingerprint density at radius 1 is 0.623 bits per heavy atom. The predicted molar refractivity (Wildman–Crippen MR) is 170 cm³/mol. The highest BCUT2D eigenvalue weighted by Crippen LogP contribution is 2.39. The first kappa shape index (κ1) is 38.6. The van der Waals surface area contributed by atoms with E-state index in [1.54, 1.807) is 0 Å². The number of aliphatic carboxylic acids is 1. The van der Waals surface area contributed by atoms with Crippen molar-refractivity contribution in [2.24, 2.45) is 0 Å². The van der Waals surface area contributed by atoms with Gasteiger partial charge in [0.1, 0.15) is 83.2 Å². The van der Waals surface area contributed by atoms with Crippen LogP contribution in [-0.4, -0.2) is 154 Å². The van der Waals surface area contributed by atoms with Crippen molar-refractivity contribution in [2.75, 3.05) is 0 Å². The molecule has 0 radical (unpaired) electrons.